The molecule has 0 saturated heterocycles. The van der Waals surface area contributed by atoms with Gasteiger partial charge in [-0.25, -0.2) is 0 Å². The summed E-state index contributed by atoms with van der Waals surface area (Å²) in [5.74, 6) is 0. The molecule has 1 aliphatic carbocycles. The number of hydrogen-bond donors (Lipinski definition) is 0. The van der Waals surface area contributed by atoms with Crippen molar-refractivity contribution in [1.82, 2.24) is 0 Å². The molecule has 0 unspecified atom stereocenters. The Balaban J connectivity index is 2.07. The Kier molecular flexibility index (Phi) is 2.26. The van der Waals surface area contributed by atoms with Gasteiger partial charge in [-0.15, -0.1) is 11.3 Å². The van der Waals surface area contributed by atoms with E-state index in [4.69, 9.17) is 0 Å². The Hall–Kier alpha value is -2.64. The van der Waals surface area contributed by atoms with Crippen molar-refractivity contribution in [2.24, 2.45) is 0 Å². The SMILES string of the molecule is Cc1ccc2c3c1sc1ccc4cccc(c4c13)-c1ccccc1-2. The molecule has 1 heterocycles. The molecule has 0 amide bonds. The van der Waals surface area contributed by atoms with Crippen LogP contribution in [0.5, 0.6) is 0 Å². The van der Waals surface area contributed by atoms with E-state index in [9.17, 15) is 0 Å². The first-order valence-electron chi connectivity index (χ1n) is 8.30. The Morgan fingerprint density at radius 3 is 2.17 bits per heavy atom. The lowest BCUT2D eigenvalue weighted by Gasteiger charge is -2.11. The molecular weight excluding hydrogens is 308 g/mol. The van der Waals surface area contributed by atoms with Gasteiger partial charge in [0.15, 0.2) is 0 Å². The van der Waals surface area contributed by atoms with Gasteiger partial charge in [-0.1, -0.05) is 60.7 Å². The van der Waals surface area contributed by atoms with Crippen LogP contribution in [0.25, 0.3) is 53.2 Å². The molecule has 0 atom stereocenters. The van der Waals surface area contributed by atoms with E-state index >= 15 is 0 Å². The van der Waals surface area contributed by atoms with Crippen LogP contribution in [0.3, 0.4) is 0 Å². The fourth-order valence-corrected chi connectivity index (χ4v) is 5.48. The molecule has 0 aliphatic heterocycles. The van der Waals surface area contributed by atoms with Gasteiger partial charge in [0.25, 0.3) is 0 Å². The van der Waals surface area contributed by atoms with E-state index < -0.39 is 0 Å². The summed E-state index contributed by atoms with van der Waals surface area (Å²) in [4.78, 5) is 0. The molecule has 1 heteroatoms. The summed E-state index contributed by atoms with van der Waals surface area (Å²) in [5, 5.41) is 5.64. The van der Waals surface area contributed by atoms with Gasteiger partial charge in [0.2, 0.25) is 0 Å². The van der Waals surface area contributed by atoms with Crippen molar-refractivity contribution in [3.05, 3.63) is 72.3 Å². The molecular formula is C23H14S. The number of hydrogen-bond acceptors (Lipinski definition) is 1. The first-order chi connectivity index (χ1) is 11.8. The van der Waals surface area contributed by atoms with Crippen molar-refractivity contribution < 1.29 is 0 Å². The summed E-state index contributed by atoms with van der Waals surface area (Å²) in [7, 11) is 0. The first kappa shape index (κ1) is 12.7. The lowest BCUT2D eigenvalue weighted by molar-refractivity contribution is 1.55. The summed E-state index contributed by atoms with van der Waals surface area (Å²) >= 11 is 1.93. The molecule has 24 heavy (non-hydrogen) atoms. The molecule has 112 valence electrons. The summed E-state index contributed by atoms with van der Waals surface area (Å²) in [6.07, 6.45) is 0. The predicted octanol–water partition coefficient (Wildman–Crippen LogP) is 7.16. The predicted molar refractivity (Wildman–Crippen MR) is 106 cm³/mol. The van der Waals surface area contributed by atoms with Gasteiger partial charge in [-0.3, -0.25) is 0 Å². The topological polar surface area (TPSA) is 0 Å². The Labute approximate surface area is 144 Å². The lowest BCUT2D eigenvalue weighted by Crippen LogP contribution is -1.84. The van der Waals surface area contributed by atoms with Crippen molar-refractivity contribution in [2.45, 2.75) is 6.92 Å². The third-order valence-corrected chi connectivity index (χ3v) is 6.62. The molecule has 4 aromatic carbocycles. The molecule has 0 fully saturated rings. The summed E-state index contributed by atoms with van der Waals surface area (Å²) in [5.41, 5.74) is 6.82. The zero-order chi connectivity index (χ0) is 15.8. The first-order valence-corrected chi connectivity index (χ1v) is 9.12. The van der Waals surface area contributed by atoms with E-state index in [2.05, 4.69) is 73.7 Å². The largest absolute Gasteiger partial charge is 0.135 e. The third kappa shape index (κ3) is 1.40. The zero-order valence-electron chi connectivity index (χ0n) is 13.3. The maximum atomic E-state index is 2.31. The van der Waals surface area contributed by atoms with Crippen molar-refractivity contribution >= 4 is 42.3 Å². The number of benzene rings is 4. The van der Waals surface area contributed by atoms with Crippen molar-refractivity contribution in [2.75, 3.05) is 0 Å². The summed E-state index contributed by atoms with van der Waals surface area (Å²) < 4.78 is 2.83. The standard InChI is InChI=1S/C23H14S/c1-13-9-11-18-16-7-3-2-6-15(16)17-8-4-5-14-10-12-19-22(20(14)17)21(18)23(13)24-19/h2-12H,1H3. The van der Waals surface area contributed by atoms with Crippen LogP contribution in [0.1, 0.15) is 5.56 Å². The molecule has 0 spiro atoms. The van der Waals surface area contributed by atoms with E-state index in [-0.39, 0.29) is 0 Å². The Morgan fingerprint density at radius 2 is 1.33 bits per heavy atom. The minimum Gasteiger partial charge on any atom is -0.135 e. The maximum absolute atomic E-state index is 2.31. The normalized spacial score (nSPS) is 12.4. The highest BCUT2D eigenvalue weighted by Gasteiger charge is 2.22. The minimum absolute atomic E-state index is 1.34. The van der Waals surface area contributed by atoms with E-state index in [0.717, 1.165) is 0 Å². The highest BCUT2D eigenvalue weighted by molar-refractivity contribution is 7.26. The monoisotopic (exact) mass is 322 g/mol. The molecule has 5 aromatic rings. The van der Waals surface area contributed by atoms with Crippen molar-refractivity contribution in [1.29, 1.82) is 0 Å². The van der Waals surface area contributed by atoms with Crippen molar-refractivity contribution in [3.8, 4) is 22.3 Å². The smallest absolute Gasteiger partial charge is 0.0391 e. The number of fused-ring (bicyclic) bond motifs is 3. The second-order valence-corrected chi connectivity index (χ2v) is 7.68. The van der Waals surface area contributed by atoms with Crippen LogP contribution in [0, 0.1) is 6.92 Å². The number of aryl methyl sites for hydroxylation is 1. The van der Waals surface area contributed by atoms with Crippen LogP contribution >= 0.6 is 11.3 Å². The second kappa shape index (κ2) is 4.25. The molecule has 0 saturated carbocycles. The molecule has 6 rings (SSSR count). The number of rotatable bonds is 0. The molecule has 1 aliphatic rings. The van der Waals surface area contributed by atoms with Crippen LogP contribution in [0.15, 0.2) is 66.7 Å². The van der Waals surface area contributed by atoms with Crippen molar-refractivity contribution in [3.63, 3.8) is 0 Å². The van der Waals surface area contributed by atoms with Crippen LogP contribution < -0.4 is 0 Å². The van der Waals surface area contributed by atoms with E-state index in [1.807, 2.05) is 11.3 Å². The van der Waals surface area contributed by atoms with E-state index in [0.29, 0.717) is 0 Å². The van der Waals surface area contributed by atoms with Crippen LogP contribution in [0.2, 0.25) is 0 Å². The average Bonchev–Trinajstić information content (AvgIpc) is 2.97. The summed E-state index contributed by atoms with van der Waals surface area (Å²) in [6, 6.07) is 24.7. The fourth-order valence-electron chi connectivity index (χ4n) is 4.27. The highest BCUT2D eigenvalue weighted by atomic mass is 32.1. The van der Waals surface area contributed by atoms with Crippen LogP contribution in [0.4, 0.5) is 0 Å². The number of thiophene rings is 1. The zero-order valence-corrected chi connectivity index (χ0v) is 14.1. The third-order valence-electron chi connectivity index (χ3n) is 5.33. The van der Waals surface area contributed by atoms with Gasteiger partial charge < -0.3 is 0 Å². The Bertz CT molecular complexity index is 1300. The summed E-state index contributed by atoms with van der Waals surface area (Å²) in [6.45, 7) is 2.23. The average molecular weight is 322 g/mol. The van der Waals surface area contributed by atoms with Gasteiger partial charge in [0.1, 0.15) is 0 Å². The lowest BCUT2D eigenvalue weighted by atomic mass is 9.93. The van der Waals surface area contributed by atoms with Gasteiger partial charge in [-0.05, 0) is 51.6 Å². The van der Waals surface area contributed by atoms with E-state index in [1.165, 1.54) is 58.8 Å². The van der Waals surface area contributed by atoms with Gasteiger partial charge in [0, 0.05) is 20.2 Å². The molecule has 1 aromatic heterocycles. The molecule has 0 nitrogen and oxygen atoms in total. The quantitative estimate of drug-likeness (QED) is 0.278. The maximum Gasteiger partial charge on any atom is 0.0391 e. The minimum atomic E-state index is 1.34. The van der Waals surface area contributed by atoms with E-state index in [1.54, 1.807) is 0 Å². The van der Waals surface area contributed by atoms with Gasteiger partial charge in [-0.2, -0.15) is 0 Å². The highest BCUT2D eigenvalue weighted by Crippen LogP contribution is 2.50. The fraction of sp³-hybridized carbons (Fsp3) is 0.0435. The second-order valence-electron chi connectivity index (χ2n) is 6.62. The molecule has 0 bridgehead atoms. The van der Waals surface area contributed by atoms with Gasteiger partial charge >= 0.3 is 0 Å². The molecule has 0 radical (unpaired) electrons. The van der Waals surface area contributed by atoms with Gasteiger partial charge in [0.05, 0.1) is 0 Å². The van der Waals surface area contributed by atoms with Crippen LogP contribution in [-0.2, 0) is 0 Å². The molecule has 0 N–H and O–H groups in total. The Morgan fingerprint density at radius 1 is 0.583 bits per heavy atom. The van der Waals surface area contributed by atoms with Crippen LogP contribution in [-0.4, -0.2) is 0 Å².